The van der Waals surface area contributed by atoms with Crippen LogP contribution in [0.25, 0.3) is 0 Å². The van der Waals surface area contributed by atoms with Crippen molar-refractivity contribution in [1.82, 2.24) is 14.9 Å². The van der Waals surface area contributed by atoms with E-state index in [9.17, 15) is 44.3 Å². The zero-order valence-corrected chi connectivity index (χ0v) is 21.9. The molecule has 2 fully saturated rings. The molecule has 44 heavy (non-hydrogen) atoms. The van der Waals surface area contributed by atoms with E-state index in [2.05, 4.69) is 26.3 Å². The van der Waals surface area contributed by atoms with Gasteiger partial charge in [-0.3, -0.25) is 19.7 Å². The summed E-state index contributed by atoms with van der Waals surface area (Å²) in [5.74, 6) is -6.24. The first-order valence-corrected chi connectivity index (χ1v) is 11.8. The van der Waals surface area contributed by atoms with Gasteiger partial charge in [0.25, 0.3) is 0 Å². The Morgan fingerprint density at radius 3 is 1.50 bits per heavy atom. The molecule has 2 aromatic rings. The van der Waals surface area contributed by atoms with Crippen molar-refractivity contribution in [3.8, 4) is 0 Å². The fourth-order valence-corrected chi connectivity index (χ4v) is 3.78. The molecule has 3 atom stereocenters. The lowest BCUT2D eigenvalue weighted by Gasteiger charge is -2.19. The number of nitrogens with zero attached hydrogens (tertiary/aromatic N) is 3. The molecule has 1 unspecified atom stereocenters. The minimum Gasteiger partial charge on any atom is -0.475 e. The number of pyridine rings is 2. The average molecular weight is 650 g/mol. The molecule has 20 heteroatoms. The summed E-state index contributed by atoms with van der Waals surface area (Å²) in [5, 5.41) is 24.3. The van der Waals surface area contributed by atoms with E-state index in [0.29, 0.717) is 24.2 Å². The maximum atomic E-state index is 12.1. The quantitative estimate of drug-likeness (QED) is 0.346. The van der Waals surface area contributed by atoms with Crippen molar-refractivity contribution in [2.45, 2.75) is 31.5 Å². The van der Waals surface area contributed by atoms with Gasteiger partial charge >= 0.3 is 36.4 Å². The van der Waals surface area contributed by atoms with Crippen LogP contribution in [0.2, 0.25) is 0 Å². The zero-order valence-electron chi connectivity index (χ0n) is 21.9. The third kappa shape index (κ3) is 14.1. The predicted octanol–water partition coefficient (Wildman–Crippen LogP) is 4.08. The van der Waals surface area contributed by atoms with Gasteiger partial charge in [0.1, 0.15) is 0 Å². The number of carboxylic acids is 3. The molecule has 11 nitrogen and oxygen atoms in total. The second-order valence-electron chi connectivity index (χ2n) is 8.95. The third-order valence-electron chi connectivity index (χ3n) is 5.67. The highest BCUT2D eigenvalue weighted by Gasteiger charge is 2.55. The number of likely N-dealkylation sites (tertiary alicyclic amines) is 1. The molecule has 3 heterocycles. The van der Waals surface area contributed by atoms with Crippen molar-refractivity contribution in [1.29, 1.82) is 0 Å². The SMILES string of the molecule is O=C(CC1[C@H]2CN(Cc3cccnc3)C[C@@H]12)Nc1cccnc1.O=C(O)C(F)(F)F.O=C(O)C(F)(F)F.O=C(O)C(F)(F)F. The molecule has 2 aromatic heterocycles. The first kappa shape index (κ1) is 37.5. The van der Waals surface area contributed by atoms with Gasteiger partial charge in [-0.1, -0.05) is 6.07 Å². The van der Waals surface area contributed by atoms with Crippen molar-refractivity contribution < 1.29 is 74.0 Å². The molecule has 0 bridgehead atoms. The smallest absolute Gasteiger partial charge is 0.475 e. The molecule has 0 radical (unpaired) electrons. The van der Waals surface area contributed by atoms with Crippen molar-refractivity contribution >= 4 is 29.5 Å². The minimum absolute atomic E-state index is 0.108. The highest BCUT2D eigenvalue weighted by atomic mass is 19.4. The molecular formula is C24H23F9N4O7. The fraction of sp³-hybridized carbons (Fsp3) is 0.417. The van der Waals surface area contributed by atoms with Crippen molar-refractivity contribution in [2.24, 2.45) is 17.8 Å². The van der Waals surface area contributed by atoms with Crippen LogP contribution < -0.4 is 5.32 Å². The van der Waals surface area contributed by atoms with E-state index in [1.54, 1.807) is 12.4 Å². The number of aliphatic carboxylic acids is 3. The molecule has 4 N–H and O–H groups in total. The monoisotopic (exact) mass is 650 g/mol. The van der Waals surface area contributed by atoms with Crippen LogP contribution in [0.5, 0.6) is 0 Å². The maximum Gasteiger partial charge on any atom is 0.490 e. The molecule has 0 spiro atoms. The topological polar surface area (TPSA) is 170 Å². The van der Waals surface area contributed by atoms with Crippen LogP contribution in [0.3, 0.4) is 0 Å². The second kappa shape index (κ2) is 15.8. The van der Waals surface area contributed by atoms with Gasteiger partial charge in [-0.25, -0.2) is 14.4 Å². The summed E-state index contributed by atoms with van der Waals surface area (Å²) in [4.78, 5) is 49.4. The van der Waals surface area contributed by atoms with Gasteiger partial charge < -0.3 is 20.6 Å². The van der Waals surface area contributed by atoms with Gasteiger partial charge in [-0.2, -0.15) is 39.5 Å². The third-order valence-corrected chi connectivity index (χ3v) is 5.67. The molecule has 0 aromatic carbocycles. The van der Waals surface area contributed by atoms with Gasteiger partial charge in [-0.05, 0) is 41.5 Å². The predicted molar refractivity (Wildman–Crippen MR) is 129 cm³/mol. The Morgan fingerprint density at radius 1 is 0.750 bits per heavy atom. The summed E-state index contributed by atoms with van der Waals surface area (Å²) in [6.45, 7) is 3.17. The second-order valence-corrected chi connectivity index (χ2v) is 8.95. The highest BCUT2D eigenvalue weighted by Crippen LogP contribution is 2.53. The number of carbonyl (C=O) groups is 4. The van der Waals surface area contributed by atoms with Gasteiger partial charge in [0.2, 0.25) is 5.91 Å². The first-order chi connectivity index (χ1) is 20.1. The van der Waals surface area contributed by atoms with Crippen LogP contribution >= 0.6 is 0 Å². The number of alkyl halides is 9. The van der Waals surface area contributed by atoms with E-state index in [0.717, 1.165) is 25.3 Å². The summed E-state index contributed by atoms with van der Waals surface area (Å²) in [6.07, 6.45) is -7.49. The number of carboxylic acid groups (broad SMARTS) is 3. The standard InChI is InChI=1S/C18H20N4O.3C2HF3O2/c23-18(21-14-4-2-6-20-9-14)7-15-16-11-22(12-17(15)16)10-13-3-1-5-19-8-13;3*3-2(4,5)1(6)7/h1-6,8-9,15-17H,7,10-12H2,(H,21,23);3*(H,6,7)/t15?,16-,17+;;;. The number of rotatable bonds is 5. The number of halogens is 9. The van der Waals surface area contributed by atoms with Crippen LogP contribution in [0.15, 0.2) is 49.1 Å². The molecule has 1 saturated heterocycles. The lowest BCUT2D eigenvalue weighted by atomic mass is 10.1. The summed E-state index contributed by atoms with van der Waals surface area (Å²) in [6, 6.07) is 7.81. The summed E-state index contributed by atoms with van der Waals surface area (Å²) in [7, 11) is 0. The number of hydrogen-bond donors (Lipinski definition) is 4. The van der Waals surface area contributed by atoms with Crippen LogP contribution in [-0.2, 0) is 25.7 Å². The summed E-state index contributed by atoms with van der Waals surface area (Å²) >= 11 is 0. The number of nitrogens with one attached hydrogen (secondary N) is 1. The lowest BCUT2D eigenvalue weighted by molar-refractivity contribution is -0.193. The van der Waals surface area contributed by atoms with Crippen LogP contribution in [0, 0.1) is 17.8 Å². The van der Waals surface area contributed by atoms with E-state index in [1.807, 2.05) is 30.6 Å². The van der Waals surface area contributed by atoms with Crippen LogP contribution in [0.4, 0.5) is 45.2 Å². The van der Waals surface area contributed by atoms with Gasteiger partial charge in [0.05, 0.1) is 11.9 Å². The Bertz CT molecular complexity index is 1180. The lowest BCUT2D eigenvalue weighted by Crippen LogP contribution is -2.25. The zero-order chi connectivity index (χ0) is 33.9. The molecule has 1 aliphatic heterocycles. The van der Waals surface area contributed by atoms with E-state index in [-0.39, 0.29) is 5.91 Å². The Kier molecular flexibility index (Phi) is 13.5. The average Bonchev–Trinajstić information content (AvgIpc) is 3.32. The molecule has 244 valence electrons. The number of fused-ring (bicyclic) bond motifs is 1. The van der Waals surface area contributed by atoms with Crippen LogP contribution in [0.1, 0.15) is 12.0 Å². The molecular weight excluding hydrogens is 627 g/mol. The number of anilines is 1. The number of amides is 1. The van der Waals surface area contributed by atoms with E-state index in [4.69, 9.17) is 29.7 Å². The Labute approximate surface area is 241 Å². The van der Waals surface area contributed by atoms with E-state index < -0.39 is 36.4 Å². The van der Waals surface area contributed by atoms with Crippen molar-refractivity contribution in [3.05, 3.63) is 54.6 Å². The Morgan fingerprint density at radius 2 is 1.16 bits per heavy atom. The molecule has 1 saturated carbocycles. The number of hydrogen-bond acceptors (Lipinski definition) is 7. The van der Waals surface area contributed by atoms with Crippen molar-refractivity contribution in [3.63, 3.8) is 0 Å². The molecule has 4 rings (SSSR count). The Hall–Kier alpha value is -4.49. The van der Waals surface area contributed by atoms with E-state index >= 15 is 0 Å². The van der Waals surface area contributed by atoms with Gasteiger partial charge in [-0.15, -0.1) is 0 Å². The van der Waals surface area contributed by atoms with Crippen molar-refractivity contribution in [2.75, 3.05) is 18.4 Å². The number of aromatic nitrogens is 2. The first-order valence-electron chi connectivity index (χ1n) is 11.8. The normalized spacial score (nSPS) is 18.9. The van der Waals surface area contributed by atoms with Gasteiger partial charge in [0.15, 0.2) is 0 Å². The van der Waals surface area contributed by atoms with Crippen LogP contribution in [-0.4, -0.2) is 85.6 Å². The maximum absolute atomic E-state index is 12.1. The Balaban J connectivity index is 0.000000379. The summed E-state index contributed by atoms with van der Waals surface area (Å²) < 4.78 is 95.2. The largest absolute Gasteiger partial charge is 0.490 e. The minimum atomic E-state index is -5.08. The number of piperidine rings is 1. The number of carbonyl (C=O) groups excluding carboxylic acids is 1. The molecule has 2 aliphatic rings. The highest BCUT2D eigenvalue weighted by molar-refractivity contribution is 5.90. The van der Waals surface area contributed by atoms with Gasteiger partial charge in [0, 0.05) is 44.6 Å². The molecule has 1 amide bonds. The fourth-order valence-electron chi connectivity index (χ4n) is 3.78. The van der Waals surface area contributed by atoms with E-state index in [1.165, 1.54) is 5.56 Å². The molecule has 1 aliphatic carbocycles. The summed E-state index contributed by atoms with van der Waals surface area (Å²) in [5.41, 5.74) is 2.04.